The van der Waals surface area contributed by atoms with Gasteiger partial charge in [0.15, 0.2) is 11.0 Å². The Morgan fingerprint density at radius 3 is 2.84 bits per heavy atom. The maximum Gasteiger partial charge on any atom is 0.157 e. The highest BCUT2D eigenvalue weighted by Gasteiger charge is 2.30. The third kappa shape index (κ3) is 2.40. The maximum atomic E-state index is 6.11. The molecule has 1 N–H and O–H groups in total. The molecule has 0 saturated carbocycles. The van der Waals surface area contributed by atoms with E-state index in [1.807, 2.05) is 7.05 Å². The van der Waals surface area contributed by atoms with E-state index in [1.165, 1.54) is 12.7 Å². The molecular weight excluding hydrogens is 262 g/mol. The van der Waals surface area contributed by atoms with Gasteiger partial charge in [-0.1, -0.05) is 23.8 Å². The predicted molar refractivity (Wildman–Crippen MR) is 77.9 cm³/mol. The van der Waals surface area contributed by atoms with Crippen molar-refractivity contribution in [1.82, 2.24) is 14.9 Å². The van der Waals surface area contributed by atoms with Gasteiger partial charge in [-0.05, 0) is 6.42 Å². The Hall–Kier alpha value is -1.33. The van der Waals surface area contributed by atoms with Crippen molar-refractivity contribution in [3.63, 3.8) is 0 Å². The summed E-state index contributed by atoms with van der Waals surface area (Å²) in [5.41, 5.74) is 0.823. The number of nitrogens with zero attached hydrogens (tertiary/aromatic N) is 4. The van der Waals surface area contributed by atoms with E-state index in [1.54, 1.807) is 0 Å². The molecule has 1 saturated heterocycles. The molecule has 0 aromatic carbocycles. The lowest BCUT2D eigenvalue weighted by molar-refractivity contribution is 0.271. The number of aromatic nitrogens is 2. The van der Waals surface area contributed by atoms with Gasteiger partial charge in [-0.2, -0.15) is 0 Å². The van der Waals surface area contributed by atoms with Crippen LogP contribution in [0, 0.1) is 0 Å². The van der Waals surface area contributed by atoms with Crippen LogP contribution < -0.4 is 10.2 Å². The van der Waals surface area contributed by atoms with Crippen molar-refractivity contribution in [2.24, 2.45) is 0 Å². The molecule has 3 heterocycles. The number of hydrogen-bond acceptors (Lipinski definition) is 5. The van der Waals surface area contributed by atoms with Gasteiger partial charge in [0.2, 0.25) is 0 Å². The minimum atomic E-state index is 0.485. The molecule has 0 amide bonds. The van der Waals surface area contributed by atoms with Crippen LogP contribution in [0.2, 0.25) is 5.15 Å². The predicted octanol–water partition coefficient (Wildman–Crippen LogP) is 1.62. The zero-order chi connectivity index (χ0) is 13.2. The molecule has 1 unspecified atom stereocenters. The Kier molecular flexibility index (Phi) is 3.57. The van der Waals surface area contributed by atoms with E-state index in [4.69, 9.17) is 11.6 Å². The lowest BCUT2D eigenvalue weighted by Gasteiger charge is -2.25. The Bertz CT molecular complexity index is 482. The van der Waals surface area contributed by atoms with Crippen LogP contribution >= 0.6 is 11.6 Å². The van der Waals surface area contributed by atoms with E-state index in [9.17, 15) is 0 Å². The number of rotatable bonds is 3. The second-order valence-electron chi connectivity index (χ2n) is 4.93. The van der Waals surface area contributed by atoms with Crippen LogP contribution in [0.5, 0.6) is 0 Å². The molecule has 19 heavy (non-hydrogen) atoms. The fourth-order valence-corrected chi connectivity index (χ4v) is 3.06. The monoisotopic (exact) mass is 279 g/mol. The zero-order valence-electron chi connectivity index (χ0n) is 11.0. The quantitative estimate of drug-likeness (QED) is 0.673. The van der Waals surface area contributed by atoms with Crippen molar-refractivity contribution >= 4 is 23.1 Å². The van der Waals surface area contributed by atoms with Crippen LogP contribution in [0.25, 0.3) is 0 Å². The van der Waals surface area contributed by atoms with Crippen molar-refractivity contribution in [1.29, 1.82) is 0 Å². The first-order chi connectivity index (χ1) is 9.29. The van der Waals surface area contributed by atoms with Gasteiger partial charge in [0.1, 0.15) is 12.0 Å². The number of anilines is 2. The van der Waals surface area contributed by atoms with Gasteiger partial charge in [-0.3, -0.25) is 4.90 Å². The summed E-state index contributed by atoms with van der Waals surface area (Å²) >= 11 is 6.11. The molecule has 0 radical (unpaired) electrons. The van der Waals surface area contributed by atoms with Crippen LogP contribution in [-0.2, 0) is 0 Å². The van der Waals surface area contributed by atoms with E-state index >= 15 is 0 Å². The lowest BCUT2D eigenvalue weighted by atomic mass is 10.2. The second kappa shape index (κ2) is 5.35. The molecule has 1 atom stereocenters. The minimum absolute atomic E-state index is 0.485. The molecule has 5 nitrogen and oxygen atoms in total. The molecular formula is C13H18ClN5. The average molecular weight is 280 g/mol. The third-order valence-electron chi connectivity index (χ3n) is 3.86. The van der Waals surface area contributed by atoms with Gasteiger partial charge in [0.05, 0.1) is 0 Å². The summed E-state index contributed by atoms with van der Waals surface area (Å²) in [5, 5.41) is 3.59. The van der Waals surface area contributed by atoms with Crippen LogP contribution in [0.1, 0.15) is 6.42 Å². The Morgan fingerprint density at radius 2 is 2.11 bits per heavy atom. The summed E-state index contributed by atoms with van der Waals surface area (Å²) < 4.78 is 0. The first-order valence-corrected chi connectivity index (χ1v) is 6.99. The Morgan fingerprint density at radius 1 is 1.32 bits per heavy atom. The first-order valence-electron chi connectivity index (χ1n) is 6.62. The van der Waals surface area contributed by atoms with E-state index < -0.39 is 0 Å². The molecule has 2 aliphatic rings. The second-order valence-corrected chi connectivity index (χ2v) is 5.28. The first kappa shape index (κ1) is 12.7. The number of hydrogen-bond donors (Lipinski definition) is 1. The van der Waals surface area contributed by atoms with E-state index in [2.05, 4.69) is 37.2 Å². The van der Waals surface area contributed by atoms with Crippen LogP contribution in [-0.4, -0.2) is 54.1 Å². The summed E-state index contributed by atoms with van der Waals surface area (Å²) in [5.74, 6) is 0.914. The molecule has 1 fully saturated rings. The number of nitrogens with one attached hydrogen (secondary N) is 1. The largest absolute Gasteiger partial charge is 0.383 e. The van der Waals surface area contributed by atoms with Gasteiger partial charge in [-0.15, -0.1) is 0 Å². The van der Waals surface area contributed by atoms with Crippen LogP contribution in [0.15, 0.2) is 18.5 Å². The average Bonchev–Trinajstić information content (AvgIpc) is 3.09. The SMILES string of the molecule is CNc1c(Cl)ncnc1N1CCC(N2CC=CC2)C1. The number of halogens is 1. The van der Waals surface area contributed by atoms with Crippen LogP contribution in [0.4, 0.5) is 11.5 Å². The molecule has 6 heteroatoms. The molecule has 1 aromatic rings. The molecule has 3 rings (SSSR count). The van der Waals surface area contributed by atoms with E-state index in [-0.39, 0.29) is 0 Å². The third-order valence-corrected chi connectivity index (χ3v) is 4.14. The molecule has 2 aliphatic heterocycles. The van der Waals surface area contributed by atoms with Gasteiger partial charge < -0.3 is 10.2 Å². The van der Waals surface area contributed by atoms with Crippen molar-refractivity contribution in [2.75, 3.05) is 43.4 Å². The Balaban J connectivity index is 1.75. The normalized spacial score (nSPS) is 23.3. The highest BCUT2D eigenvalue weighted by Crippen LogP contribution is 2.31. The Labute approximate surface area is 118 Å². The van der Waals surface area contributed by atoms with Gasteiger partial charge in [0, 0.05) is 39.3 Å². The van der Waals surface area contributed by atoms with Crippen molar-refractivity contribution in [2.45, 2.75) is 12.5 Å². The summed E-state index contributed by atoms with van der Waals surface area (Å²) in [4.78, 5) is 13.2. The molecule has 0 aliphatic carbocycles. The minimum Gasteiger partial charge on any atom is -0.383 e. The van der Waals surface area contributed by atoms with Crippen molar-refractivity contribution < 1.29 is 0 Å². The highest BCUT2D eigenvalue weighted by molar-refractivity contribution is 6.32. The molecule has 0 bridgehead atoms. The fourth-order valence-electron chi connectivity index (χ4n) is 2.84. The zero-order valence-corrected chi connectivity index (χ0v) is 11.8. The molecule has 102 valence electrons. The maximum absolute atomic E-state index is 6.11. The van der Waals surface area contributed by atoms with E-state index in [0.717, 1.165) is 37.7 Å². The van der Waals surface area contributed by atoms with Crippen LogP contribution in [0.3, 0.4) is 0 Å². The topological polar surface area (TPSA) is 44.3 Å². The van der Waals surface area contributed by atoms with E-state index in [0.29, 0.717) is 11.2 Å². The summed E-state index contributed by atoms with van der Waals surface area (Å²) in [6, 6.07) is 0.605. The molecule has 1 aromatic heterocycles. The highest BCUT2D eigenvalue weighted by atomic mass is 35.5. The standard InChI is InChI=1S/C13H18ClN5/c1-15-11-12(14)16-9-17-13(11)19-7-4-10(8-19)18-5-2-3-6-18/h2-3,9-10,15H,4-8H2,1H3. The van der Waals surface area contributed by atoms with Crippen molar-refractivity contribution in [3.8, 4) is 0 Å². The van der Waals surface area contributed by atoms with Gasteiger partial charge in [-0.25, -0.2) is 9.97 Å². The van der Waals surface area contributed by atoms with Gasteiger partial charge >= 0.3 is 0 Å². The fraction of sp³-hybridized carbons (Fsp3) is 0.538. The smallest absolute Gasteiger partial charge is 0.157 e. The van der Waals surface area contributed by atoms with Crippen molar-refractivity contribution in [3.05, 3.63) is 23.6 Å². The summed E-state index contributed by atoms with van der Waals surface area (Å²) in [7, 11) is 1.85. The summed E-state index contributed by atoms with van der Waals surface area (Å²) in [6.07, 6.45) is 7.18. The lowest BCUT2D eigenvalue weighted by Crippen LogP contribution is -2.36. The summed E-state index contributed by atoms with van der Waals surface area (Å²) in [6.45, 7) is 4.16. The van der Waals surface area contributed by atoms with Gasteiger partial charge in [0.25, 0.3) is 0 Å². The molecule has 0 spiro atoms.